The van der Waals surface area contributed by atoms with E-state index in [2.05, 4.69) is 5.48 Å². The maximum absolute atomic E-state index is 14.0. The van der Waals surface area contributed by atoms with Gasteiger partial charge in [-0.15, -0.1) is 0 Å². The Kier molecular flexibility index (Phi) is 11.5. The lowest BCUT2D eigenvalue weighted by molar-refractivity contribution is -0.151. The average molecular weight is 633 g/mol. The van der Waals surface area contributed by atoms with Crippen molar-refractivity contribution in [2.75, 3.05) is 13.2 Å². The zero-order valence-corrected chi connectivity index (χ0v) is 26.9. The van der Waals surface area contributed by atoms with E-state index in [1.54, 1.807) is 71.0 Å². The highest BCUT2D eigenvalue weighted by Crippen LogP contribution is 2.27. The quantitative estimate of drug-likeness (QED) is 0.152. The number of sulfonamides is 1. The van der Waals surface area contributed by atoms with E-state index >= 15 is 0 Å². The van der Waals surface area contributed by atoms with Crippen LogP contribution < -0.4 is 10.2 Å². The minimum atomic E-state index is -4.18. The van der Waals surface area contributed by atoms with Gasteiger partial charge < -0.3 is 4.74 Å². The molecule has 1 amide bonds. The summed E-state index contributed by atoms with van der Waals surface area (Å²) < 4.78 is 64.5. The van der Waals surface area contributed by atoms with Crippen LogP contribution in [0.2, 0.25) is 0 Å². The molecule has 0 saturated heterocycles. The van der Waals surface area contributed by atoms with Crippen LogP contribution in [-0.2, 0) is 40.5 Å². The van der Waals surface area contributed by atoms with Crippen molar-refractivity contribution < 1.29 is 35.4 Å². The second-order valence-electron chi connectivity index (χ2n) is 11.3. The second-order valence-corrected chi connectivity index (χ2v) is 14.8. The van der Waals surface area contributed by atoms with Gasteiger partial charge in [-0.1, -0.05) is 61.9 Å². The van der Waals surface area contributed by atoms with E-state index in [0.29, 0.717) is 11.3 Å². The zero-order chi connectivity index (χ0) is 31.8. The first-order valence-corrected chi connectivity index (χ1v) is 16.7. The third-order valence-corrected chi connectivity index (χ3v) is 9.35. The van der Waals surface area contributed by atoms with Crippen molar-refractivity contribution in [3.63, 3.8) is 0 Å². The van der Waals surface area contributed by atoms with Crippen molar-refractivity contribution in [3.05, 3.63) is 90.0 Å². The molecular formula is C31H40N2O8S2. The summed E-state index contributed by atoms with van der Waals surface area (Å²) in [6, 6.07) is 19.9. The molecule has 3 rings (SSSR count). The number of ether oxygens (including phenoxy) is 1. The molecule has 0 heterocycles. The summed E-state index contributed by atoms with van der Waals surface area (Å²) in [5, 5.41) is 0. The molecule has 43 heavy (non-hydrogen) atoms. The summed E-state index contributed by atoms with van der Waals surface area (Å²) >= 11 is 0. The highest BCUT2D eigenvalue weighted by molar-refractivity contribution is 7.89. The first-order chi connectivity index (χ1) is 20.1. The third-order valence-electron chi connectivity index (χ3n) is 6.18. The highest BCUT2D eigenvalue weighted by atomic mass is 32.2. The van der Waals surface area contributed by atoms with Gasteiger partial charge in [0.15, 0.2) is 0 Å². The van der Waals surface area contributed by atoms with Gasteiger partial charge in [0.05, 0.1) is 15.4 Å². The van der Waals surface area contributed by atoms with Crippen LogP contribution in [0.1, 0.15) is 45.7 Å². The number of nitrogens with zero attached hydrogens (tertiary/aromatic N) is 1. The van der Waals surface area contributed by atoms with Crippen LogP contribution in [-0.4, -0.2) is 51.9 Å². The largest absolute Gasteiger partial charge is 0.491 e. The number of aryl methyl sites for hydroxylation is 1. The van der Waals surface area contributed by atoms with Gasteiger partial charge in [-0.2, -0.15) is 12.7 Å². The molecule has 0 bridgehead atoms. The monoisotopic (exact) mass is 632 g/mol. The second kappa shape index (κ2) is 14.5. The number of carbonyl (C=O) groups excluding carboxylic acids is 1. The van der Waals surface area contributed by atoms with Gasteiger partial charge in [-0.3, -0.25) is 13.8 Å². The fourth-order valence-corrected chi connectivity index (χ4v) is 6.65. The molecule has 234 valence electrons. The normalized spacial score (nSPS) is 13.2. The van der Waals surface area contributed by atoms with E-state index < -0.39 is 37.7 Å². The Bertz CT molecular complexity index is 1550. The number of rotatable bonds is 14. The Morgan fingerprint density at radius 3 is 1.98 bits per heavy atom. The van der Waals surface area contributed by atoms with Crippen LogP contribution in [0.15, 0.2) is 88.7 Å². The minimum absolute atomic E-state index is 0.0378. The zero-order valence-electron chi connectivity index (χ0n) is 25.3. The molecular weight excluding hydrogens is 592 g/mol. The van der Waals surface area contributed by atoms with Crippen LogP contribution in [0, 0.1) is 12.8 Å². The molecule has 3 aromatic carbocycles. The van der Waals surface area contributed by atoms with Gasteiger partial charge in [0.1, 0.15) is 25.0 Å². The first kappa shape index (κ1) is 34.2. The lowest BCUT2D eigenvalue weighted by Crippen LogP contribution is -2.52. The summed E-state index contributed by atoms with van der Waals surface area (Å²) in [4.78, 5) is 18.8. The molecule has 0 saturated carbocycles. The Morgan fingerprint density at radius 1 is 0.837 bits per heavy atom. The first-order valence-electron chi connectivity index (χ1n) is 13.8. The van der Waals surface area contributed by atoms with Gasteiger partial charge in [-0.25, -0.2) is 13.9 Å². The number of carbonyl (C=O) groups is 1. The topological polar surface area (TPSA) is 128 Å². The Balaban J connectivity index is 1.76. The smallest absolute Gasteiger partial charge is 0.297 e. The van der Waals surface area contributed by atoms with Crippen molar-refractivity contribution >= 4 is 26.0 Å². The molecule has 0 spiro atoms. The molecule has 0 fully saturated rings. The molecule has 12 heteroatoms. The predicted octanol–water partition coefficient (Wildman–Crippen LogP) is 4.84. The van der Waals surface area contributed by atoms with E-state index in [0.717, 1.165) is 5.56 Å². The number of benzene rings is 3. The number of hydrogen-bond donors (Lipinski definition) is 1. The van der Waals surface area contributed by atoms with Crippen molar-refractivity contribution in [1.29, 1.82) is 0 Å². The van der Waals surface area contributed by atoms with E-state index in [9.17, 15) is 21.6 Å². The van der Waals surface area contributed by atoms with E-state index in [1.807, 2.05) is 13.0 Å². The molecule has 10 nitrogen and oxygen atoms in total. The molecule has 0 aromatic heterocycles. The molecule has 0 aliphatic rings. The van der Waals surface area contributed by atoms with E-state index in [-0.39, 0.29) is 35.5 Å². The predicted molar refractivity (Wildman–Crippen MR) is 163 cm³/mol. The molecule has 0 aliphatic heterocycles. The lowest BCUT2D eigenvalue weighted by atomic mass is 10.0. The van der Waals surface area contributed by atoms with Crippen LogP contribution in [0.3, 0.4) is 0 Å². The molecule has 0 radical (unpaired) electrons. The summed E-state index contributed by atoms with van der Waals surface area (Å²) in [7, 11) is -8.11. The van der Waals surface area contributed by atoms with Crippen LogP contribution >= 0.6 is 0 Å². The third kappa shape index (κ3) is 9.87. The van der Waals surface area contributed by atoms with Crippen molar-refractivity contribution in [3.8, 4) is 5.75 Å². The Morgan fingerprint density at radius 2 is 1.42 bits per heavy atom. The molecule has 1 atom stereocenters. The van der Waals surface area contributed by atoms with Gasteiger partial charge >= 0.3 is 0 Å². The Labute approximate surface area is 255 Å². The highest BCUT2D eigenvalue weighted by Gasteiger charge is 2.38. The SMILES string of the molecule is Cc1ccc(S(=O)(=O)OCCOc2ccc(S(=O)(=O)N(Cc3ccccc3)[C@@H](C(=O)NOC(C)(C)C)C(C)C)cc2)cc1. The van der Waals surface area contributed by atoms with Gasteiger partial charge in [0, 0.05) is 6.54 Å². The van der Waals surface area contributed by atoms with E-state index in [1.165, 1.54) is 40.7 Å². The molecule has 3 aromatic rings. The lowest BCUT2D eigenvalue weighted by Gasteiger charge is -2.33. The van der Waals surface area contributed by atoms with Crippen molar-refractivity contribution in [1.82, 2.24) is 9.79 Å². The summed E-state index contributed by atoms with van der Waals surface area (Å²) in [5.74, 6) is -0.646. The van der Waals surface area contributed by atoms with Crippen LogP contribution in [0.4, 0.5) is 0 Å². The van der Waals surface area contributed by atoms with Crippen molar-refractivity contribution in [2.24, 2.45) is 5.92 Å². The number of hydrogen-bond acceptors (Lipinski definition) is 8. The van der Waals surface area contributed by atoms with Gasteiger partial charge in [-0.05, 0) is 75.6 Å². The van der Waals surface area contributed by atoms with Gasteiger partial charge in [0.25, 0.3) is 16.0 Å². The maximum Gasteiger partial charge on any atom is 0.297 e. The maximum atomic E-state index is 14.0. The molecule has 0 unspecified atom stereocenters. The van der Waals surface area contributed by atoms with Crippen LogP contribution in [0.25, 0.3) is 0 Å². The number of hydroxylamine groups is 1. The summed E-state index contributed by atoms with van der Waals surface area (Å²) in [6.45, 7) is 10.4. The van der Waals surface area contributed by atoms with E-state index in [4.69, 9.17) is 13.8 Å². The standard InChI is InChI=1S/C31H40N2O8S2/c1-23(2)29(30(34)32-41-31(4,5)6)33(22-25-10-8-7-9-11-25)42(35,36)27-18-14-26(15-19-27)39-20-21-40-43(37,38)28-16-12-24(3)13-17-28/h7-19,23,29H,20-22H2,1-6H3,(H,32,34)/t29-/m1/s1. The summed E-state index contributed by atoms with van der Waals surface area (Å²) in [5.41, 5.74) is 3.40. The summed E-state index contributed by atoms with van der Waals surface area (Å²) in [6.07, 6.45) is 0. The fraction of sp³-hybridized carbons (Fsp3) is 0.387. The number of nitrogens with one attached hydrogen (secondary N) is 1. The molecule has 0 aliphatic carbocycles. The van der Waals surface area contributed by atoms with Crippen molar-refractivity contribution in [2.45, 2.75) is 69.5 Å². The molecule has 1 N–H and O–H groups in total. The number of amides is 1. The van der Waals surface area contributed by atoms with Gasteiger partial charge in [0.2, 0.25) is 10.0 Å². The average Bonchev–Trinajstić information content (AvgIpc) is 2.94. The minimum Gasteiger partial charge on any atom is -0.491 e. The fourth-order valence-electron chi connectivity index (χ4n) is 4.05. The van der Waals surface area contributed by atoms with Crippen LogP contribution in [0.5, 0.6) is 5.75 Å². The Hall–Kier alpha value is -3.29.